The second-order valence-electron chi connectivity index (χ2n) is 5.82. The normalized spacial score (nSPS) is 11.3. The summed E-state index contributed by atoms with van der Waals surface area (Å²) in [4.78, 5) is 41.9. The van der Waals surface area contributed by atoms with E-state index in [1.165, 1.54) is 32.2 Å². The Bertz CT molecular complexity index is 899. The van der Waals surface area contributed by atoms with Crippen LogP contribution in [-0.4, -0.2) is 49.5 Å². The molecule has 0 aliphatic rings. The lowest BCUT2D eigenvalue weighted by Gasteiger charge is -2.16. The van der Waals surface area contributed by atoms with Gasteiger partial charge in [-0.05, 0) is 48.6 Å². The number of methoxy groups -OCH3 is 2. The molecule has 0 saturated heterocycles. The maximum Gasteiger partial charge on any atom is 0.358 e. The van der Waals surface area contributed by atoms with Crippen LogP contribution in [0.15, 0.2) is 41.4 Å². The van der Waals surface area contributed by atoms with Crippen LogP contribution in [0.2, 0.25) is 0 Å². The molecule has 0 radical (unpaired) electrons. The fraction of sp³-hybridized carbons (Fsp3) is 0.333. The summed E-state index contributed by atoms with van der Waals surface area (Å²) >= 11 is 1.35. The summed E-state index contributed by atoms with van der Waals surface area (Å²) in [7, 11) is 2.70. The molecule has 0 saturated carbocycles. The zero-order valence-corrected chi connectivity index (χ0v) is 18.0. The smallest absolute Gasteiger partial charge is 0.358 e. The average molecular weight is 433 g/mol. The predicted molar refractivity (Wildman–Crippen MR) is 110 cm³/mol. The molecule has 1 unspecified atom stereocenters. The standard InChI is InChI=1S/C21H23NO7S/c1-5-28-21(25)18-16(30-6-2)11-13(12-22-18)17(19(23)27-4)20(24)29-15-9-7-14(26-3)8-10-15/h7-12,17H,5-6H2,1-4H3. The Kier molecular flexibility index (Phi) is 8.67. The fourth-order valence-corrected chi connectivity index (χ4v) is 3.34. The van der Waals surface area contributed by atoms with Crippen molar-refractivity contribution >= 4 is 29.7 Å². The number of benzene rings is 1. The molecule has 0 aliphatic carbocycles. The lowest BCUT2D eigenvalue weighted by molar-refractivity contribution is -0.151. The van der Waals surface area contributed by atoms with Crippen molar-refractivity contribution in [1.82, 2.24) is 4.98 Å². The molecule has 8 nitrogen and oxygen atoms in total. The highest BCUT2D eigenvalue weighted by atomic mass is 32.2. The number of carbonyl (C=O) groups is 3. The Morgan fingerprint density at radius 3 is 2.27 bits per heavy atom. The van der Waals surface area contributed by atoms with Crippen molar-refractivity contribution in [2.75, 3.05) is 26.6 Å². The molecule has 1 heterocycles. The number of pyridine rings is 1. The molecule has 160 valence electrons. The molecule has 30 heavy (non-hydrogen) atoms. The number of thioether (sulfide) groups is 1. The van der Waals surface area contributed by atoms with E-state index in [1.807, 2.05) is 6.92 Å². The first-order chi connectivity index (χ1) is 14.4. The summed E-state index contributed by atoms with van der Waals surface area (Å²) in [5.74, 6) is -2.07. The SMILES string of the molecule is CCOC(=O)c1ncc(C(C(=O)OC)C(=O)Oc2ccc(OC)cc2)cc1SCC. The second-order valence-corrected chi connectivity index (χ2v) is 7.13. The highest BCUT2D eigenvalue weighted by Crippen LogP contribution is 2.28. The number of rotatable bonds is 9. The van der Waals surface area contributed by atoms with E-state index in [9.17, 15) is 14.4 Å². The predicted octanol–water partition coefficient (Wildman–Crippen LogP) is 3.24. The summed E-state index contributed by atoms with van der Waals surface area (Å²) in [6.07, 6.45) is 1.28. The number of aromatic nitrogens is 1. The Labute approximate surface area is 178 Å². The van der Waals surface area contributed by atoms with Crippen LogP contribution in [-0.2, 0) is 19.1 Å². The Morgan fingerprint density at radius 1 is 1.03 bits per heavy atom. The molecule has 0 fully saturated rings. The van der Waals surface area contributed by atoms with Gasteiger partial charge in [0, 0.05) is 11.1 Å². The molecule has 2 rings (SSSR count). The first kappa shape index (κ1) is 23.2. The highest BCUT2D eigenvalue weighted by molar-refractivity contribution is 7.99. The zero-order valence-electron chi connectivity index (χ0n) is 17.2. The third kappa shape index (κ3) is 5.73. The van der Waals surface area contributed by atoms with Gasteiger partial charge in [0.15, 0.2) is 11.6 Å². The lowest BCUT2D eigenvalue weighted by Crippen LogP contribution is -2.27. The van der Waals surface area contributed by atoms with Crippen molar-refractivity contribution in [3.05, 3.63) is 47.8 Å². The van der Waals surface area contributed by atoms with Gasteiger partial charge >= 0.3 is 17.9 Å². The molecule has 0 bridgehead atoms. The van der Waals surface area contributed by atoms with Gasteiger partial charge < -0.3 is 18.9 Å². The largest absolute Gasteiger partial charge is 0.497 e. The number of esters is 3. The van der Waals surface area contributed by atoms with Crippen molar-refractivity contribution in [3.63, 3.8) is 0 Å². The molecular weight excluding hydrogens is 410 g/mol. The van der Waals surface area contributed by atoms with Crippen LogP contribution >= 0.6 is 11.8 Å². The summed E-state index contributed by atoms with van der Waals surface area (Å²) in [6.45, 7) is 3.81. The van der Waals surface area contributed by atoms with Gasteiger partial charge in [0.25, 0.3) is 0 Å². The van der Waals surface area contributed by atoms with E-state index in [-0.39, 0.29) is 23.6 Å². The van der Waals surface area contributed by atoms with Crippen LogP contribution in [0.3, 0.4) is 0 Å². The molecule has 0 spiro atoms. The molecule has 1 aromatic heterocycles. The first-order valence-corrected chi connectivity index (χ1v) is 10.2. The quantitative estimate of drug-likeness (QED) is 0.255. The van der Waals surface area contributed by atoms with Crippen molar-refractivity contribution in [2.45, 2.75) is 24.7 Å². The number of hydrogen-bond donors (Lipinski definition) is 0. The molecule has 9 heteroatoms. The Hall–Kier alpha value is -3.07. The number of ether oxygens (including phenoxy) is 4. The molecule has 0 N–H and O–H groups in total. The van der Waals surface area contributed by atoms with Gasteiger partial charge in [0.2, 0.25) is 0 Å². The Balaban J connectivity index is 2.37. The van der Waals surface area contributed by atoms with E-state index in [0.29, 0.717) is 16.4 Å². The molecule has 1 atom stereocenters. The van der Waals surface area contributed by atoms with Gasteiger partial charge in [0.05, 0.1) is 20.8 Å². The monoisotopic (exact) mass is 433 g/mol. The fourth-order valence-electron chi connectivity index (χ4n) is 2.54. The van der Waals surface area contributed by atoms with Crippen molar-refractivity contribution in [1.29, 1.82) is 0 Å². The maximum atomic E-state index is 12.8. The summed E-state index contributed by atoms with van der Waals surface area (Å²) < 4.78 is 20.2. The van der Waals surface area contributed by atoms with Crippen LogP contribution < -0.4 is 9.47 Å². The van der Waals surface area contributed by atoms with Gasteiger partial charge in [-0.25, -0.2) is 9.78 Å². The van der Waals surface area contributed by atoms with E-state index < -0.39 is 23.8 Å². The van der Waals surface area contributed by atoms with E-state index in [0.717, 1.165) is 0 Å². The number of hydrogen-bond acceptors (Lipinski definition) is 9. The van der Waals surface area contributed by atoms with Gasteiger partial charge in [-0.2, -0.15) is 0 Å². The molecule has 0 amide bonds. The first-order valence-electron chi connectivity index (χ1n) is 9.18. The van der Waals surface area contributed by atoms with Crippen LogP contribution in [0.25, 0.3) is 0 Å². The number of nitrogens with zero attached hydrogens (tertiary/aromatic N) is 1. The topological polar surface area (TPSA) is 101 Å². The van der Waals surface area contributed by atoms with Crippen LogP contribution in [0, 0.1) is 0 Å². The summed E-state index contributed by atoms with van der Waals surface area (Å²) in [6, 6.07) is 7.91. The average Bonchev–Trinajstić information content (AvgIpc) is 2.75. The van der Waals surface area contributed by atoms with Crippen LogP contribution in [0.4, 0.5) is 0 Å². The highest BCUT2D eigenvalue weighted by Gasteiger charge is 2.33. The van der Waals surface area contributed by atoms with Gasteiger partial charge in [-0.15, -0.1) is 11.8 Å². The van der Waals surface area contributed by atoms with Gasteiger partial charge in [-0.3, -0.25) is 9.59 Å². The summed E-state index contributed by atoms with van der Waals surface area (Å²) in [5, 5.41) is 0. The van der Waals surface area contributed by atoms with Crippen molar-refractivity contribution in [2.24, 2.45) is 0 Å². The Morgan fingerprint density at radius 2 is 1.70 bits per heavy atom. The zero-order chi connectivity index (χ0) is 22.1. The minimum absolute atomic E-state index is 0.125. The van der Waals surface area contributed by atoms with Crippen molar-refractivity contribution in [3.8, 4) is 11.5 Å². The molecule has 1 aromatic carbocycles. The van der Waals surface area contributed by atoms with E-state index >= 15 is 0 Å². The number of carbonyl (C=O) groups excluding carboxylic acids is 3. The molecular formula is C21H23NO7S. The third-order valence-electron chi connectivity index (χ3n) is 3.93. The lowest BCUT2D eigenvalue weighted by atomic mass is 10.0. The summed E-state index contributed by atoms with van der Waals surface area (Å²) in [5.41, 5.74) is 0.379. The minimum atomic E-state index is -1.36. The van der Waals surface area contributed by atoms with Crippen LogP contribution in [0.1, 0.15) is 35.8 Å². The second kappa shape index (κ2) is 11.2. The van der Waals surface area contributed by atoms with E-state index in [1.54, 1.807) is 37.3 Å². The van der Waals surface area contributed by atoms with Crippen LogP contribution in [0.5, 0.6) is 11.5 Å². The van der Waals surface area contributed by atoms with E-state index in [2.05, 4.69) is 4.98 Å². The van der Waals surface area contributed by atoms with Gasteiger partial charge in [-0.1, -0.05) is 6.92 Å². The van der Waals surface area contributed by atoms with Gasteiger partial charge in [0.1, 0.15) is 11.5 Å². The van der Waals surface area contributed by atoms with Crippen molar-refractivity contribution < 1.29 is 33.3 Å². The van der Waals surface area contributed by atoms with E-state index in [4.69, 9.17) is 18.9 Å². The minimum Gasteiger partial charge on any atom is -0.497 e. The maximum absolute atomic E-state index is 12.8. The molecule has 2 aromatic rings. The molecule has 0 aliphatic heterocycles. The third-order valence-corrected chi connectivity index (χ3v) is 4.84.